The number of ether oxygens (including phenoxy) is 1. The van der Waals surface area contributed by atoms with Crippen LogP contribution in [0.15, 0.2) is 11.5 Å². The number of thioether (sulfide) groups is 1. The Kier molecular flexibility index (Phi) is 4.70. The summed E-state index contributed by atoms with van der Waals surface area (Å²) in [5, 5.41) is 8.05. The summed E-state index contributed by atoms with van der Waals surface area (Å²) in [7, 11) is 3.14. The van der Waals surface area contributed by atoms with Crippen LogP contribution in [0.4, 0.5) is 0 Å². The Bertz CT molecular complexity index is 720. The third-order valence-electron chi connectivity index (χ3n) is 3.39. The van der Waals surface area contributed by atoms with Gasteiger partial charge in [-0.3, -0.25) is 4.79 Å². The van der Waals surface area contributed by atoms with Gasteiger partial charge in [0.15, 0.2) is 10.9 Å². The summed E-state index contributed by atoms with van der Waals surface area (Å²) in [5.74, 6) is -0.539. The number of methoxy groups -OCH3 is 1. The summed E-state index contributed by atoms with van der Waals surface area (Å²) in [6.45, 7) is 5.29. The highest BCUT2D eigenvalue weighted by Crippen LogP contribution is 2.26. The first-order valence-electron chi connectivity index (χ1n) is 6.69. The molecule has 0 spiro atoms. The number of hydrogen-bond acceptors (Lipinski definition) is 6. The molecule has 0 amide bonds. The molecule has 0 saturated carbocycles. The first-order valence-corrected chi connectivity index (χ1v) is 7.57. The van der Waals surface area contributed by atoms with Crippen molar-refractivity contribution in [3.8, 4) is 0 Å². The van der Waals surface area contributed by atoms with E-state index in [0.29, 0.717) is 27.7 Å². The number of esters is 1. The summed E-state index contributed by atoms with van der Waals surface area (Å²) in [5.41, 5.74) is 2.09. The van der Waals surface area contributed by atoms with Crippen LogP contribution >= 0.6 is 11.8 Å². The van der Waals surface area contributed by atoms with E-state index in [1.54, 1.807) is 31.7 Å². The largest absolute Gasteiger partial charge is 0.465 e. The third kappa shape index (κ3) is 2.92. The highest BCUT2D eigenvalue weighted by Gasteiger charge is 2.26. The molecule has 2 aromatic heterocycles. The molecule has 8 heteroatoms. The molecule has 0 fully saturated rings. The molecule has 2 rings (SSSR count). The van der Waals surface area contributed by atoms with Crippen LogP contribution in [0.3, 0.4) is 0 Å². The first kappa shape index (κ1) is 16.3. The lowest BCUT2D eigenvalue weighted by atomic mass is 10.1. The van der Waals surface area contributed by atoms with Gasteiger partial charge in [0, 0.05) is 12.7 Å². The molecule has 1 atom stereocenters. The number of rotatable bonds is 5. The van der Waals surface area contributed by atoms with Crippen LogP contribution in [0.1, 0.15) is 39.0 Å². The molecular weight excluding hydrogens is 304 g/mol. The monoisotopic (exact) mass is 322 g/mol. The quantitative estimate of drug-likeness (QED) is 0.514. The summed E-state index contributed by atoms with van der Waals surface area (Å²) < 4.78 is 6.51. The maximum atomic E-state index is 12.6. The number of carbonyl (C=O) groups excluding carboxylic acids is 2. The van der Waals surface area contributed by atoms with Gasteiger partial charge in [-0.05, 0) is 26.3 Å². The molecule has 1 N–H and O–H groups in total. The van der Waals surface area contributed by atoms with Crippen LogP contribution in [0.2, 0.25) is 0 Å². The Hall–Kier alpha value is -2.09. The van der Waals surface area contributed by atoms with Crippen molar-refractivity contribution < 1.29 is 14.3 Å². The maximum absolute atomic E-state index is 12.6. The predicted octanol–water partition coefficient (Wildman–Crippen LogP) is 1.91. The Labute approximate surface area is 132 Å². The van der Waals surface area contributed by atoms with E-state index in [0.717, 1.165) is 0 Å². The van der Waals surface area contributed by atoms with E-state index in [-0.39, 0.29) is 11.0 Å². The van der Waals surface area contributed by atoms with Crippen LogP contribution in [0.5, 0.6) is 0 Å². The van der Waals surface area contributed by atoms with Gasteiger partial charge in [0.25, 0.3) is 0 Å². The average Bonchev–Trinajstić information content (AvgIpc) is 3.01. The van der Waals surface area contributed by atoms with Crippen LogP contribution in [0, 0.1) is 13.8 Å². The van der Waals surface area contributed by atoms with E-state index in [1.165, 1.54) is 18.9 Å². The molecule has 118 valence electrons. The van der Waals surface area contributed by atoms with Crippen LogP contribution in [-0.4, -0.2) is 43.9 Å². The van der Waals surface area contributed by atoms with Crippen molar-refractivity contribution >= 4 is 23.5 Å². The minimum atomic E-state index is -0.445. The summed E-state index contributed by atoms with van der Waals surface area (Å²) >= 11 is 1.32. The zero-order chi connectivity index (χ0) is 16.4. The number of aryl methyl sites for hydroxylation is 2. The number of ketones is 1. The molecule has 0 bridgehead atoms. The van der Waals surface area contributed by atoms with Crippen molar-refractivity contribution in [3.63, 3.8) is 0 Å². The van der Waals surface area contributed by atoms with Gasteiger partial charge in [-0.1, -0.05) is 11.8 Å². The standard InChI is InChI=1S/C14H18N4O3S/c1-7-10(13(20)21-5)8(2)16-11(7)12(19)9(3)22-14-17-15-6-18(14)4/h6,9,16H,1-5H3/t9-/m1/s1. The van der Waals surface area contributed by atoms with E-state index >= 15 is 0 Å². The zero-order valence-electron chi connectivity index (χ0n) is 13.1. The topological polar surface area (TPSA) is 89.9 Å². The lowest BCUT2D eigenvalue weighted by Gasteiger charge is -2.09. The molecule has 0 unspecified atom stereocenters. The number of aromatic amines is 1. The predicted molar refractivity (Wildman–Crippen MR) is 82.3 cm³/mol. The van der Waals surface area contributed by atoms with E-state index < -0.39 is 5.97 Å². The van der Waals surface area contributed by atoms with E-state index in [4.69, 9.17) is 4.74 Å². The molecule has 0 saturated heterocycles. The molecule has 22 heavy (non-hydrogen) atoms. The molecule has 0 aliphatic heterocycles. The molecular formula is C14H18N4O3S. The van der Waals surface area contributed by atoms with Gasteiger partial charge in [0.1, 0.15) is 6.33 Å². The van der Waals surface area contributed by atoms with Gasteiger partial charge < -0.3 is 14.3 Å². The fourth-order valence-electron chi connectivity index (χ4n) is 2.20. The van der Waals surface area contributed by atoms with E-state index in [1.807, 2.05) is 7.05 Å². The minimum absolute atomic E-state index is 0.0937. The van der Waals surface area contributed by atoms with Crippen molar-refractivity contribution in [2.24, 2.45) is 7.05 Å². The zero-order valence-corrected chi connectivity index (χ0v) is 13.9. The summed E-state index contributed by atoms with van der Waals surface area (Å²) in [6.07, 6.45) is 1.58. The Balaban J connectivity index is 2.26. The first-order chi connectivity index (χ1) is 10.4. The number of aromatic nitrogens is 4. The molecule has 0 aromatic carbocycles. The van der Waals surface area contributed by atoms with Crippen LogP contribution in [0.25, 0.3) is 0 Å². The lowest BCUT2D eigenvalue weighted by Crippen LogP contribution is -2.16. The van der Waals surface area contributed by atoms with Gasteiger partial charge in [-0.2, -0.15) is 0 Å². The number of H-pyrrole nitrogens is 1. The van der Waals surface area contributed by atoms with Gasteiger partial charge in [-0.15, -0.1) is 10.2 Å². The van der Waals surface area contributed by atoms with Crippen LogP contribution in [-0.2, 0) is 11.8 Å². The van der Waals surface area contributed by atoms with Gasteiger partial charge in [-0.25, -0.2) is 4.79 Å². The average molecular weight is 322 g/mol. The van der Waals surface area contributed by atoms with Gasteiger partial charge in [0.05, 0.1) is 23.6 Å². The maximum Gasteiger partial charge on any atom is 0.339 e. The van der Waals surface area contributed by atoms with Gasteiger partial charge >= 0.3 is 5.97 Å². The second-order valence-electron chi connectivity index (χ2n) is 4.97. The highest BCUT2D eigenvalue weighted by atomic mass is 32.2. The second-order valence-corrected chi connectivity index (χ2v) is 6.27. The van der Waals surface area contributed by atoms with E-state index in [2.05, 4.69) is 15.2 Å². The molecule has 2 heterocycles. The Morgan fingerprint density at radius 1 is 1.41 bits per heavy atom. The number of hydrogen-bond donors (Lipinski definition) is 1. The SMILES string of the molecule is COC(=O)c1c(C)[nH]c(C(=O)[C@@H](C)Sc2nncn2C)c1C. The normalized spacial score (nSPS) is 12.2. The van der Waals surface area contributed by atoms with Crippen molar-refractivity contribution in [3.05, 3.63) is 28.8 Å². The minimum Gasteiger partial charge on any atom is -0.465 e. The van der Waals surface area contributed by atoms with Crippen molar-refractivity contribution in [2.45, 2.75) is 31.2 Å². The second kappa shape index (κ2) is 6.35. The third-order valence-corrected chi connectivity index (χ3v) is 4.54. The lowest BCUT2D eigenvalue weighted by molar-refractivity contribution is 0.0599. The fraction of sp³-hybridized carbons (Fsp3) is 0.429. The summed E-state index contributed by atoms with van der Waals surface area (Å²) in [4.78, 5) is 27.4. The molecule has 7 nitrogen and oxygen atoms in total. The Morgan fingerprint density at radius 2 is 2.09 bits per heavy atom. The molecule has 2 aromatic rings. The number of nitrogens with zero attached hydrogens (tertiary/aromatic N) is 3. The molecule has 0 aliphatic carbocycles. The number of carbonyl (C=O) groups is 2. The molecule has 0 aliphatic rings. The highest BCUT2D eigenvalue weighted by molar-refractivity contribution is 8.00. The van der Waals surface area contributed by atoms with Crippen molar-refractivity contribution in [1.29, 1.82) is 0 Å². The smallest absolute Gasteiger partial charge is 0.339 e. The number of Topliss-reactive ketones (excluding diaryl/α,β-unsaturated/α-hetero) is 1. The van der Waals surface area contributed by atoms with Crippen LogP contribution < -0.4 is 0 Å². The summed E-state index contributed by atoms with van der Waals surface area (Å²) in [6, 6.07) is 0. The van der Waals surface area contributed by atoms with Crippen molar-refractivity contribution in [1.82, 2.24) is 19.7 Å². The van der Waals surface area contributed by atoms with E-state index in [9.17, 15) is 9.59 Å². The fourth-order valence-corrected chi connectivity index (χ4v) is 3.05. The number of nitrogens with one attached hydrogen (secondary N) is 1. The Morgan fingerprint density at radius 3 is 2.64 bits per heavy atom. The van der Waals surface area contributed by atoms with Gasteiger partial charge in [0.2, 0.25) is 0 Å². The molecule has 0 radical (unpaired) electrons. The van der Waals surface area contributed by atoms with Crippen molar-refractivity contribution in [2.75, 3.05) is 7.11 Å².